The van der Waals surface area contributed by atoms with E-state index >= 15 is 0 Å². The summed E-state index contributed by atoms with van der Waals surface area (Å²) in [6.45, 7) is 6.96. The number of nitrogens with one attached hydrogen (secondary N) is 1. The fourth-order valence-electron chi connectivity index (χ4n) is 2.49. The van der Waals surface area contributed by atoms with Gasteiger partial charge in [0, 0.05) is 24.8 Å². The summed E-state index contributed by atoms with van der Waals surface area (Å²) in [5, 5.41) is 3.24. The second-order valence-electron chi connectivity index (χ2n) is 4.78. The molecule has 94 valence electrons. The van der Waals surface area contributed by atoms with Crippen LogP contribution in [0.15, 0.2) is 18.2 Å². The molecule has 1 aliphatic rings. The fraction of sp³-hybridized carbons (Fsp3) is 0.571. The van der Waals surface area contributed by atoms with Crippen LogP contribution in [0.5, 0.6) is 0 Å². The van der Waals surface area contributed by atoms with Crippen LogP contribution in [-0.4, -0.2) is 19.1 Å². The molecule has 1 aromatic rings. The predicted octanol–water partition coefficient (Wildman–Crippen LogP) is 2.92. The normalized spacial score (nSPS) is 19.9. The van der Waals surface area contributed by atoms with Crippen LogP contribution in [0.3, 0.4) is 0 Å². The summed E-state index contributed by atoms with van der Waals surface area (Å²) in [6.07, 6.45) is 2.42. The molecule has 1 atom stereocenters. The maximum Gasteiger partial charge on any atom is 0.125 e. The van der Waals surface area contributed by atoms with Crippen molar-refractivity contribution in [3.8, 4) is 0 Å². The molecule has 3 heteroatoms. The lowest BCUT2D eigenvalue weighted by Crippen LogP contribution is -2.26. The highest BCUT2D eigenvalue weighted by molar-refractivity contribution is 5.50. The third-order valence-corrected chi connectivity index (χ3v) is 3.41. The Balaban J connectivity index is 2.18. The maximum atomic E-state index is 13.6. The fourth-order valence-corrected chi connectivity index (χ4v) is 2.49. The summed E-state index contributed by atoms with van der Waals surface area (Å²) in [6, 6.07) is 5.90. The minimum absolute atomic E-state index is 0.130. The van der Waals surface area contributed by atoms with Crippen molar-refractivity contribution in [1.82, 2.24) is 5.32 Å². The van der Waals surface area contributed by atoms with Gasteiger partial charge in [-0.3, -0.25) is 0 Å². The molecular weight excluding hydrogens is 215 g/mol. The van der Waals surface area contributed by atoms with E-state index in [1.54, 1.807) is 12.1 Å². The summed E-state index contributed by atoms with van der Waals surface area (Å²) >= 11 is 0. The molecule has 1 fully saturated rings. The maximum absolute atomic E-state index is 13.6. The highest BCUT2D eigenvalue weighted by Gasteiger charge is 2.21. The first kappa shape index (κ1) is 12.4. The van der Waals surface area contributed by atoms with Crippen LogP contribution >= 0.6 is 0 Å². The molecule has 1 aliphatic heterocycles. The number of hydrogen-bond acceptors (Lipinski definition) is 2. The van der Waals surface area contributed by atoms with E-state index in [1.165, 1.54) is 12.8 Å². The van der Waals surface area contributed by atoms with Crippen LogP contribution in [-0.2, 0) is 6.54 Å². The van der Waals surface area contributed by atoms with E-state index in [0.29, 0.717) is 6.04 Å². The first-order chi connectivity index (χ1) is 8.20. The lowest BCUT2D eigenvalue weighted by atomic mass is 10.1. The largest absolute Gasteiger partial charge is 0.369 e. The van der Waals surface area contributed by atoms with E-state index in [2.05, 4.69) is 30.1 Å². The van der Waals surface area contributed by atoms with Gasteiger partial charge < -0.3 is 10.2 Å². The number of halogens is 1. The van der Waals surface area contributed by atoms with Gasteiger partial charge in [0.1, 0.15) is 5.82 Å². The summed E-state index contributed by atoms with van der Waals surface area (Å²) in [5.74, 6) is -0.130. The van der Waals surface area contributed by atoms with Crippen molar-refractivity contribution in [3.05, 3.63) is 29.6 Å². The van der Waals surface area contributed by atoms with Crippen molar-refractivity contribution < 1.29 is 4.39 Å². The molecule has 0 spiro atoms. The van der Waals surface area contributed by atoms with Gasteiger partial charge in [-0.25, -0.2) is 4.39 Å². The van der Waals surface area contributed by atoms with Gasteiger partial charge >= 0.3 is 0 Å². The second-order valence-corrected chi connectivity index (χ2v) is 4.78. The SMILES string of the molecule is CCNCc1cc(F)cc(N2CCCC2C)c1. The van der Waals surface area contributed by atoms with E-state index in [1.807, 2.05) is 0 Å². The van der Waals surface area contributed by atoms with Gasteiger partial charge in [-0.05, 0) is 50.1 Å². The molecule has 1 saturated heterocycles. The van der Waals surface area contributed by atoms with Crippen LogP contribution in [0, 0.1) is 5.82 Å². The van der Waals surface area contributed by atoms with Gasteiger partial charge in [0.05, 0.1) is 0 Å². The van der Waals surface area contributed by atoms with Crippen molar-refractivity contribution in [2.45, 2.75) is 39.3 Å². The van der Waals surface area contributed by atoms with Crippen LogP contribution in [0.25, 0.3) is 0 Å². The summed E-state index contributed by atoms with van der Waals surface area (Å²) in [5.41, 5.74) is 2.06. The molecule has 0 aromatic heterocycles. The van der Waals surface area contributed by atoms with Gasteiger partial charge in [0.25, 0.3) is 0 Å². The van der Waals surface area contributed by atoms with Gasteiger partial charge in [0.2, 0.25) is 0 Å². The van der Waals surface area contributed by atoms with Gasteiger partial charge in [-0.1, -0.05) is 6.92 Å². The van der Waals surface area contributed by atoms with Crippen molar-refractivity contribution >= 4 is 5.69 Å². The molecule has 1 unspecified atom stereocenters. The van der Waals surface area contributed by atoms with Crippen molar-refractivity contribution in [2.75, 3.05) is 18.0 Å². The first-order valence-electron chi connectivity index (χ1n) is 6.47. The molecule has 0 amide bonds. The summed E-state index contributed by atoms with van der Waals surface area (Å²) in [7, 11) is 0. The van der Waals surface area contributed by atoms with Crippen molar-refractivity contribution in [3.63, 3.8) is 0 Å². The van der Waals surface area contributed by atoms with Crippen LogP contribution in [0.2, 0.25) is 0 Å². The molecule has 0 radical (unpaired) electrons. The summed E-state index contributed by atoms with van der Waals surface area (Å²) < 4.78 is 13.6. The van der Waals surface area contributed by atoms with Gasteiger partial charge in [0.15, 0.2) is 0 Å². The van der Waals surface area contributed by atoms with E-state index in [-0.39, 0.29) is 5.82 Å². The minimum Gasteiger partial charge on any atom is -0.369 e. The highest BCUT2D eigenvalue weighted by Crippen LogP contribution is 2.26. The number of rotatable bonds is 4. The van der Waals surface area contributed by atoms with Crippen molar-refractivity contribution in [2.24, 2.45) is 0 Å². The molecule has 1 aromatic carbocycles. The van der Waals surface area contributed by atoms with E-state index in [0.717, 1.165) is 30.9 Å². The van der Waals surface area contributed by atoms with Gasteiger partial charge in [-0.15, -0.1) is 0 Å². The third-order valence-electron chi connectivity index (χ3n) is 3.41. The van der Waals surface area contributed by atoms with Gasteiger partial charge in [-0.2, -0.15) is 0 Å². The zero-order chi connectivity index (χ0) is 12.3. The van der Waals surface area contributed by atoms with Crippen LogP contribution in [0.4, 0.5) is 10.1 Å². The Hall–Kier alpha value is -1.09. The zero-order valence-electron chi connectivity index (χ0n) is 10.7. The number of benzene rings is 1. The summed E-state index contributed by atoms with van der Waals surface area (Å²) in [4.78, 5) is 2.30. The molecule has 1 N–H and O–H groups in total. The Morgan fingerprint density at radius 1 is 1.41 bits per heavy atom. The van der Waals surface area contributed by atoms with E-state index in [4.69, 9.17) is 0 Å². The second kappa shape index (κ2) is 5.50. The molecule has 0 saturated carbocycles. The Morgan fingerprint density at radius 2 is 2.24 bits per heavy atom. The quantitative estimate of drug-likeness (QED) is 0.864. The Bertz CT molecular complexity index is 378. The Labute approximate surface area is 103 Å². The molecule has 1 heterocycles. The number of hydrogen-bond donors (Lipinski definition) is 1. The molecule has 2 nitrogen and oxygen atoms in total. The number of anilines is 1. The van der Waals surface area contributed by atoms with Crippen molar-refractivity contribution in [1.29, 1.82) is 0 Å². The monoisotopic (exact) mass is 236 g/mol. The average Bonchev–Trinajstić information content (AvgIpc) is 2.72. The average molecular weight is 236 g/mol. The van der Waals surface area contributed by atoms with E-state index in [9.17, 15) is 4.39 Å². The molecule has 17 heavy (non-hydrogen) atoms. The molecular formula is C14H21FN2. The Morgan fingerprint density at radius 3 is 2.88 bits per heavy atom. The zero-order valence-corrected chi connectivity index (χ0v) is 10.7. The minimum atomic E-state index is -0.130. The lowest BCUT2D eigenvalue weighted by molar-refractivity contribution is 0.619. The molecule has 0 aliphatic carbocycles. The highest BCUT2D eigenvalue weighted by atomic mass is 19.1. The standard InChI is InChI=1S/C14H21FN2/c1-3-16-10-12-7-13(15)9-14(8-12)17-6-4-5-11(17)2/h7-9,11,16H,3-6,10H2,1-2H3. The van der Waals surface area contributed by atoms with Crippen LogP contribution < -0.4 is 10.2 Å². The topological polar surface area (TPSA) is 15.3 Å². The first-order valence-corrected chi connectivity index (χ1v) is 6.47. The molecule has 0 bridgehead atoms. The number of nitrogens with zero attached hydrogens (tertiary/aromatic N) is 1. The Kier molecular flexibility index (Phi) is 4.00. The third kappa shape index (κ3) is 2.97. The molecule has 2 rings (SSSR count). The lowest BCUT2D eigenvalue weighted by Gasteiger charge is -2.24. The van der Waals surface area contributed by atoms with Crippen LogP contribution in [0.1, 0.15) is 32.3 Å². The smallest absolute Gasteiger partial charge is 0.125 e. The van der Waals surface area contributed by atoms with E-state index < -0.39 is 0 Å². The predicted molar refractivity (Wildman–Crippen MR) is 69.8 cm³/mol.